The number of hydrogen-bond acceptors (Lipinski definition) is 2. The normalized spacial score (nSPS) is 11.9. The van der Waals surface area contributed by atoms with Crippen molar-refractivity contribution in [3.63, 3.8) is 0 Å². The number of carboxylic acid groups (broad SMARTS) is 1. The van der Waals surface area contributed by atoms with Gasteiger partial charge in [-0.2, -0.15) is 0 Å². The Morgan fingerprint density at radius 1 is 1.00 bits per heavy atom. The number of rotatable bonds is 1. The molecule has 4 heteroatoms. The Hall–Kier alpha value is -0.627. The van der Waals surface area contributed by atoms with Crippen molar-refractivity contribution < 1.29 is 41.2 Å². The summed E-state index contributed by atoms with van der Waals surface area (Å²) in [5.74, 6) is -1.21. The van der Waals surface area contributed by atoms with Crippen molar-refractivity contribution in [1.29, 1.82) is 0 Å². The molecule has 0 aromatic heterocycles. The molecule has 0 saturated heterocycles. The van der Waals surface area contributed by atoms with Crippen molar-refractivity contribution >= 4 is 5.97 Å². The van der Waals surface area contributed by atoms with Gasteiger partial charge in [-0.05, 0) is 22.5 Å². The van der Waals surface area contributed by atoms with Crippen LogP contribution in [0.25, 0.3) is 0 Å². The monoisotopic (exact) mass is 340 g/mol. The zero-order valence-electron chi connectivity index (χ0n) is 12.5. The van der Waals surface area contributed by atoms with E-state index in [0.717, 1.165) is 11.1 Å². The summed E-state index contributed by atoms with van der Waals surface area (Å²) in [6, 6.07) is 3.29. The Kier molecular flexibility index (Phi) is 5.59. The van der Waals surface area contributed by atoms with E-state index in [-0.39, 0.29) is 48.3 Å². The first-order valence-corrected chi connectivity index (χ1v) is 6.06. The number of hydrogen-bond donors (Lipinski definition) is 2. The number of aromatic carboxylic acids is 1. The zero-order valence-corrected chi connectivity index (χ0v) is 14.9. The Balaban J connectivity index is 0.00000324. The zero-order chi connectivity index (χ0) is 14.3. The Bertz CT molecular complexity index is 479. The van der Waals surface area contributed by atoms with E-state index < -0.39 is 5.97 Å². The molecule has 0 saturated carbocycles. The van der Waals surface area contributed by atoms with Crippen LogP contribution in [0.4, 0.5) is 0 Å². The summed E-state index contributed by atoms with van der Waals surface area (Å²) in [6.07, 6.45) is 0. The third-order valence-electron chi connectivity index (χ3n) is 2.97. The van der Waals surface area contributed by atoms with Crippen molar-refractivity contribution in [3.8, 4) is 5.75 Å². The van der Waals surface area contributed by atoms with Crippen LogP contribution in [0.1, 0.15) is 63.0 Å². The van der Waals surface area contributed by atoms with Gasteiger partial charge in [-0.15, -0.1) is 0 Å². The number of phenols is 1. The molecular weight excluding hydrogens is 319 g/mol. The van der Waals surface area contributed by atoms with Gasteiger partial charge in [0.2, 0.25) is 0 Å². The maximum Gasteiger partial charge on any atom is 0.339 e. The molecule has 0 aliphatic heterocycles. The summed E-state index contributed by atoms with van der Waals surface area (Å²) in [5.41, 5.74) is 1.22. The molecule has 1 rings (SSSR count). The van der Waals surface area contributed by atoms with Crippen molar-refractivity contribution in [2.45, 2.75) is 52.4 Å². The maximum atomic E-state index is 11.1. The summed E-state index contributed by atoms with van der Waals surface area (Å²) in [7, 11) is 0. The summed E-state index contributed by atoms with van der Waals surface area (Å²) in [4.78, 5) is 11.1. The van der Waals surface area contributed by atoms with Crippen LogP contribution in [0, 0.1) is 0 Å². The van der Waals surface area contributed by atoms with E-state index in [2.05, 4.69) is 20.8 Å². The van der Waals surface area contributed by atoms with Crippen LogP contribution in [0.5, 0.6) is 5.75 Å². The van der Waals surface area contributed by atoms with E-state index in [1.165, 1.54) is 6.07 Å². The van der Waals surface area contributed by atoms with Gasteiger partial charge in [0.25, 0.3) is 0 Å². The molecule has 0 unspecified atom stereocenters. The van der Waals surface area contributed by atoms with Gasteiger partial charge < -0.3 is 10.2 Å². The van der Waals surface area contributed by atoms with E-state index >= 15 is 0 Å². The molecule has 19 heavy (non-hydrogen) atoms. The van der Waals surface area contributed by atoms with Crippen molar-refractivity contribution in [2.75, 3.05) is 0 Å². The van der Waals surface area contributed by atoms with Crippen molar-refractivity contribution in [3.05, 3.63) is 28.8 Å². The van der Waals surface area contributed by atoms with E-state index in [4.69, 9.17) is 5.11 Å². The number of aromatic hydroxyl groups is 1. The van der Waals surface area contributed by atoms with E-state index in [9.17, 15) is 9.90 Å². The second-order valence-electron chi connectivity index (χ2n) is 6.69. The molecule has 104 valence electrons. The topological polar surface area (TPSA) is 57.5 Å². The quantitative estimate of drug-likeness (QED) is 0.819. The first kappa shape index (κ1) is 18.4. The molecule has 0 spiro atoms. The van der Waals surface area contributed by atoms with Gasteiger partial charge in [-0.3, -0.25) is 0 Å². The van der Waals surface area contributed by atoms with Crippen molar-refractivity contribution in [1.82, 2.24) is 0 Å². The fourth-order valence-electron chi connectivity index (χ4n) is 2.15. The molecule has 2 N–H and O–H groups in total. The standard InChI is InChI=1S/C15H22O3.Zr/c1-14(2,3)10-8-7-9(13(17)18)12(16)11(10)15(4,5)6;/h7-8,16H,1-6H3,(H,17,18);. The van der Waals surface area contributed by atoms with Gasteiger partial charge in [-0.1, -0.05) is 47.6 Å². The van der Waals surface area contributed by atoms with Gasteiger partial charge in [0.15, 0.2) is 0 Å². The largest absolute Gasteiger partial charge is 0.507 e. The predicted molar refractivity (Wildman–Crippen MR) is 72.5 cm³/mol. The summed E-state index contributed by atoms with van der Waals surface area (Å²) in [5, 5.41) is 19.3. The van der Waals surface area contributed by atoms with Crippen LogP contribution in [-0.4, -0.2) is 16.2 Å². The molecule has 0 heterocycles. The summed E-state index contributed by atoms with van der Waals surface area (Å²) in [6.45, 7) is 12.1. The van der Waals surface area contributed by atoms with Crippen LogP contribution < -0.4 is 0 Å². The third kappa shape index (κ3) is 3.92. The number of benzene rings is 1. The number of carbonyl (C=O) groups is 1. The SMILES string of the molecule is CC(C)(C)c1ccc(C(=O)O)c(O)c1C(C)(C)C.[Zr]. The average molecular weight is 342 g/mol. The molecule has 0 bridgehead atoms. The van der Waals surface area contributed by atoms with Gasteiger partial charge in [0.05, 0.1) is 0 Å². The second-order valence-corrected chi connectivity index (χ2v) is 6.69. The molecule has 3 nitrogen and oxygen atoms in total. The molecular formula is C15H22O3Zr. The van der Waals surface area contributed by atoms with Gasteiger partial charge in [0.1, 0.15) is 11.3 Å². The third-order valence-corrected chi connectivity index (χ3v) is 2.97. The Morgan fingerprint density at radius 2 is 1.47 bits per heavy atom. The fourth-order valence-corrected chi connectivity index (χ4v) is 2.15. The first-order valence-electron chi connectivity index (χ1n) is 6.06. The van der Waals surface area contributed by atoms with Gasteiger partial charge >= 0.3 is 5.97 Å². The molecule has 0 amide bonds. The second kappa shape index (κ2) is 5.79. The molecule has 0 aliphatic carbocycles. The van der Waals surface area contributed by atoms with E-state index in [0.29, 0.717) is 0 Å². The van der Waals surface area contributed by atoms with Crippen molar-refractivity contribution in [2.24, 2.45) is 0 Å². The molecule has 1 aromatic carbocycles. The number of carboxylic acids is 1. The maximum absolute atomic E-state index is 11.1. The fraction of sp³-hybridized carbons (Fsp3) is 0.533. The van der Waals surface area contributed by atoms with Crippen LogP contribution in [0.15, 0.2) is 12.1 Å². The molecule has 0 radical (unpaired) electrons. The molecule has 0 fully saturated rings. The van der Waals surface area contributed by atoms with Crippen LogP contribution in [0.2, 0.25) is 0 Å². The average Bonchev–Trinajstić information content (AvgIpc) is 2.12. The van der Waals surface area contributed by atoms with Crippen LogP contribution in [0.3, 0.4) is 0 Å². The van der Waals surface area contributed by atoms with Crippen LogP contribution >= 0.6 is 0 Å². The molecule has 0 aliphatic rings. The van der Waals surface area contributed by atoms with E-state index in [1.807, 2.05) is 26.8 Å². The van der Waals surface area contributed by atoms with Gasteiger partial charge in [-0.25, -0.2) is 4.79 Å². The first-order chi connectivity index (χ1) is 7.96. The van der Waals surface area contributed by atoms with Crippen LogP contribution in [-0.2, 0) is 37.0 Å². The summed E-state index contributed by atoms with van der Waals surface area (Å²) >= 11 is 0. The smallest absolute Gasteiger partial charge is 0.339 e. The minimum atomic E-state index is -1.10. The summed E-state index contributed by atoms with van der Waals surface area (Å²) < 4.78 is 0. The Morgan fingerprint density at radius 3 is 1.79 bits per heavy atom. The van der Waals surface area contributed by atoms with Gasteiger partial charge in [0, 0.05) is 31.8 Å². The Labute approximate surface area is 134 Å². The predicted octanol–water partition coefficient (Wildman–Crippen LogP) is 3.68. The minimum absolute atomic E-state index is 0. The molecule has 1 aromatic rings. The minimum Gasteiger partial charge on any atom is -0.507 e. The van der Waals surface area contributed by atoms with E-state index in [1.54, 1.807) is 0 Å². The molecule has 0 atom stereocenters.